The number of hydrogen-bond donors (Lipinski definition) is 1. The quantitative estimate of drug-likeness (QED) is 0.921. The van der Waals surface area contributed by atoms with E-state index in [0.29, 0.717) is 11.7 Å². The van der Waals surface area contributed by atoms with Gasteiger partial charge in [0.15, 0.2) is 0 Å². The van der Waals surface area contributed by atoms with Crippen molar-refractivity contribution in [2.24, 2.45) is 0 Å². The fourth-order valence-corrected chi connectivity index (χ4v) is 4.58. The van der Waals surface area contributed by atoms with Crippen molar-refractivity contribution in [2.75, 3.05) is 17.3 Å². The summed E-state index contributed by atoms with van der Waals surface area (Å²) in [6.45, 7) is 2.01. The molecule has 5 heteroatoms. The molecule has 3 nitrogen and oxygen atoms in total. The first-order valence-corrected chi connectivity index (χ1v) is 8.34. The van der Waals surface area contributed by atoms with Crippen LogP contribution in [0.1, 0.15) is 24.9 Å². The second kappa shape index (κ2) is 7.04. The molecule has 18 heavy (non-hydrogen) atoms. The van der Waals surface area contributed by atoms with Gasteiger partial charge >= 0.3 is 0 Å². The number of pyridine rings is 1. The highest BCUT2D eigenvalue weighted by Crippen LogP contribution is 2.26. The van der Waals surface area contributed by atoms with Crippen LogP contribution in [0.3, 0.4) is 0 Å². The topological polar surface area (TPSA) is 42.0 Å². The molecule has 0 radical (unpaired) electrons. The van der Waals surface area contributed by atoms with Crippen LogP contribution >= 0.6 is 23.5 Å². The molecule has 2 heterocycles. The van der Waals surface area contributed by atoms with Crippen molar-refractivity contribution in [3.05, 3.63) is 30.1 Å². The van der Waals surface area contributed by atoms with E-state index in [-0.39, 0.29) is 11.9 Å². The van der Waals surface area contributed by atoms with Gasteiger partial charge in [0.05, 0.1) is 6.04 Å². The minimum atomic E-state index is 0.0572. The number of carbonyl (C=O) groups excluding carboxylic acids is 1. The van der Waals surface area contributed by atoms with E-state index >= 15 is 0 Å². The zero-order valence-corrected chi connectivity index (χ0v) is 12.1. The Morgan fingerprint density at radius 1 is 1.50 bits per heavy atom. The van der Waals surface area contributed by atoms with E-state index < -0.39 is 0 Å². The molecular weight excluding hydrogens is 264 g/mol. The van der Waals surface area contributed by atoms with Crippen LogP contribution in [0.25, 0.3) is 0 Å². The van der Waals surface area contributed by atoms with Crippen molar-refractivity contribution in [3.8, 4) is 0 Å². The molecule has 1 fully saturated rings. The van der Waals surface area contributed by atoms with Gasteiger partial charge in [0.2, 0.25) is 5.91 Å². The second-order valence-electron chi connectivity index (χ2n) is 4.34. The van der Waals surface area contributed by atoms with Crippen LogP contribution in [0.5, 0.6) is 0 Å². The minimum absolute atomic E-state index is 0.0572. The van der Waals surface area contributed by atoms with Crippen LogP contribution < -0.4 is 5.32 Å². The number of nitrogens with one attached hydrogen (secondary N) is 1. The Balaban J connectivity index is 1.80. The van der Waals surface area contributed by atoms with Gasteiger partial charge in [0, 0.05) is 41.3 Å². The number of nitrogens with zero attached hydrogens (tertiary/aromatic N) is 1. The van der Waals surface area contributed by atoms with E-state index in [1.165, 1.54) is 11.5 Å². The molecule has 98 valence electrons. The molecule has 1 N–H and O–H groups in total. The molecule has 2 rings (SSSR count). The normalized spacial score (nSPS) is 21.3. The zero-order chi connectivity index (χ0) is 12.8. The van der Waals surface area contributed by atoms with E-state index in [4.69, 9.17) is 0 Å². The molecule has 0 spiro atoms. The van der Waals surface area contributed by atoms with Crippen LogP contribution in [0.15, 0.2) is 24.5 Å². The van der Waals surface area contributed by atoms with Crippen LogP contribution in [0.2, 0.25) is 0 Å². The number of amides is 1. The number of carbonyl (C=O) groups is 1. The first-order valence-electron chi connectivity index (χ1n) is 6.14. The molecule has 0 aromatic carbocycles. The van der Waals surface area contributed by atoms with Crippen LogP contribution in [0, 0.1) is 0 Å². The van der Waals surface area contributed by atoms with E-state index in [0.717, 1.165) is 11.3 Å². The maximum absolute atomic E-state index is 11.9. The number of thioether (sulfide) groups is 2. The summed E-state index contributed by atoms with van der Waals surface area (Å²) in [5, 5.41) is 3.53. The monoisotopic (exact) mass is 282 g/mol. The van der Waals surface area contributed by atoms with Gasteiger partial charge in [-0.15, -0.1) is 0 Å². The fourth-order valence-electron chi connectivity index (χ4n) is 1.90. The summed E-state index contributed by atoms with van der Waals surface area (Å²) >= 11 is 3.87. The SMILES string of the molecule is CC(NC(=O)CC1CSCCS1)c1ccncc1. The Morgan fingerprint density at radius 2 is 2.28 bits per heavy atom. The van der Waals surface area contributed by atoms with Gasteiger partial charge in [-0.3, -0.25) is 9.78 Å². The summed E-state index contributed by atoms with van der Waals surface area (Å²) in [5.74, 6) is 3.64. The summed E-state index contributed by atoms with van der Waals surface area (Å²) in [6, 6.07) is 3.94. The third-order valence-electron chi connectivity index (χ3n) is 2.88. The Kier molecular flexibility index (Phi) is 5.38. The highest BCUT2D eigenvalue weighted by atomic mass is 32.2. The molecule has 1 aliphatic heterocycles. The first kappa shape index (κ1) is 13.7. The van der Waals surface area contributed by atoms with Gasteiger partial charge in [-0.05, 0) is 24.6 Å². The highest BCUT2D eigenvalue weighted by molar-refractivity contribution is 8.06. The van der Waals surface area contributed by atoms with Crippen molar-refractivity contribution in [1.82, 2.24) is 10.3 Å². The Bertz CT molecular complexity index is 380. The van der Waals surface area contributed by atoms with Gasteiger partial charge in [0.1, 0.15) is 0 Å². The highest BCUT2D eigenvalue weighted by Gasteiger charge is 2.19. The van der Waals surface area contributed by atoms with Crippen LogP contribution in [-0.2, 0) is 4.79 Å². The van der Waals surface area contributed by atoms with Crippen molar-refractivity contribution >= 4 is 29.4 Å². The Hall–Kier alpha value is -0.680. The maximum Gasteiger partial charge on any atom is 0.221 e. The zero-order valence-electron chi connectivity index (χ0n) is 10.5. The summed E-state index contributed by atoms with van der Waals surface area (Å²) in [5.41, 5.74) is 1.10. The standard InChI is InChI=1S/C13H18N2OS2/c1-10(11-2-4-14-5-3-11)15-13(16)8-12-9-17-6-7-18-12/h2-5,10,12H,6-9H2,1H3,(H,15,16). The summed E-state index contributed by atoms with van der Waals surface area (Å²) in [6.07, 6.45) is 4.14. The van der Waals surface area contributed by atoms with Crippen molar-refractivity contribution in [3.63, 3.8) is 0 Å². The van der Waals surface area contributed by atoms with Crippen LogP contribution in [-0.4, -0.2) is 33.4 Å². The molecule has 0 saturated carbocycles. The third kappa shape index (κ3) is 4.21. The molecule has 2 unspecified atom stereocenters. The lowest BCUT2D eigenvalue weighted by molar-refractivity contribution is -0.121. The molecule has 1 aromatic rings. The molecule has 1 saturated heterocycles. The van der Waals surface area contributed by atoms with Gasteiger partial charge in [-0.25, -0.2) is 0 Å². The average molecular weight is 282 g/mol. The maximum atomic E-state index is 11.9. The van der Waals surface area contributed by atoms with Crippen molar-refractivity contribution in [2.45, 2.75) is 24.6 Å². The molecule has 1 aromatic heterocycles. The lowest BCUT2D eigenvalue weighted by atomic mass is 10.1. The van der Waals surface area contributed by atoms with Gasteiger partial charge in [0.25, 0.3) is 0 Å². The largest absolute Gasteiger partial charge is 0.350 e. The molecule has 1 aliphatic rings. The molecular formula is C13H18N2OS2. The van der Waals surface area contributed by atoms with Gasteiger partial charge < -0.3 is 5.32 Å². The summed E-state index contributed by atoms with van der Waals surface area (Å²) in [7, 11) is 0. The predicted octanol–water partition coefficient (Wildman–Crippen LogP) is 2.50. The minimum Gasteiger partial charge on any atom is -0.350 e. The smallest absolute Gasteiger partial charge is 0.221 e. The van der Waals surface area contributed by atoms with E-state index in [9.17, 15) is 4.79 Å². The third-order valence-corrected chi connectivity index (χ3v) is 5.73. The Morgan fingerprint density at radius 3 is 2.94 bits per heavy atom. The van der Waals surface area contributed by atoms with Crippen molar-refractivity contribution < 1.29 is 4.79 Å². The number of aromatic nitrogens is 1. The van der Waals surface area contributed by atoms with E-state index in [1.807, 2.05) is 42.6 Å². The first-order chi connectivity index (χ1) is 8.75. The van der Waals surface area contributed by atoms with Gasteiger partial charge in [-0.2, -0.15) is 23.5 Å². The van der Waals surface area contributed by atoms with Crippen LogP contribution in [0.4, 0.5) is 0 Å². The predicted molar refractivity (Wildman–Crippen MR) is 79.0 cm³/mol. The molecule has 2 atom stereocenters. The average Bonchev–Trinajstić information content (AvgIpc) is 2.40. The number of rotatable bonds is 4. The summed E-state index contributed by atoms with van der Waals surface area (Å²) < 4.78 is 0. The fraction of sp³-hybridized carbons (Fsp3) is 0.538. The Labute approximate surface area is 117 Å². The van der Waals surface area contributed by atoms with Crippen molar-refractivity contribution in [1.29, 1.82) is 0 Å². The number of hydrogen-bond acceptors (Lipinski definition) is 4. The lowest BCUT2D eigenvalue weighted by Gasteiger charge is -2.21. The summed E-state index contributed by atoms with van der Waals surface area (Å²) in [4.78, 5) is 15.9. The van der Waals surface area contributed by atoms with E-state index in [1.54, 1.807) is 12.4 Å². The van der Waals surface area contributed by atoms with Gasteiger partial charge in [-0.1, -0.05) is 0 Å². The molecule has 0 bridgehead atoms. The lowest BCUT2D eigenvalue weighted by Crippen LogP contribution is -2.30. The molecule has 0 aliphatic carbocycles. The molecule has 1 amide bonds. The van der Waals surface area contributed by atoms with E-state index in [2.05, 4.69) is 10.3 Å². The second-order valence-corrected chi connectivity index (χ2v) is 6.90.